The van der Waals surface area contributed by atoms with Gasteiger partial charge in [0.2, 0.25) is 0 Å². The van der Waals surface area contributed by atoms with Gasteiger partial charge in [-0.05, 0) is 0 Å². The van der Waals surface area contributed by atoms with E-state index in [9.17, 15) is 5.11 Å². The van der Waals surface area contributed by atoms with Crippen molar-refractivity contribution < 1.29 is 5.11 Å². The molecule has 0 aromatic carbocycles. The number of aliphatic hydroxyl groups is 1. The van der Waals surface area contributed by atoms with Crippen molar-refractivity contribution in [2.45, 2.75) is 6.42 Å². The van der Waals surface area contributed by atoms with E-state index in [1.807, 2.05) is 18.0 Å². The molecule has 1 fully saturated rings. The zero-order valence-corrected chi connectivity index (χ0v) is 9.33. The van der Waals surface area contributed by atoms with Gasteiger partial charge in [0, 0.05) is 49.0 Å². The van der Waals surface area contributed by atoms with Crippen molar-refractivity contribution in [2.24, 2.45) is 10.7 Å². The third kappa shape index (κ3) is 2.47. The van der Waals surface area contributed by atoms with Crippen LogP contribution in [0.2, 0.25) is 0 Å². The Kier molecular flexibility index (Phi) is 3.20. The van der Waals surface area contributed by atoms with E-state index in [1.54, 1.807) is 6.21 Å². The lowest BCUT2D eigenvalue weighted by atomic mass is 10.1. The molecule has 5 heteroatoms. The fourth-order valence-corrected chi connectivity index (χ4v) is 2.54. The van der Waals surface area contributed by atoms with E-state index >= 15 is 0 Å². The molecule has 0 unspecified atom stereocenters. The fourth-order valence-electron chi connectivity index (χ4n) is 1.61. The number of hydrogen-bond donors (Lipinski definition) is 2. The molecular weight excluding hydrogens is 210 g/mol. The van der Waals surface area contributed by atoms with Crippen molar-refractivity contribution in [3.8, 4) is 0 Å². The second-order valence-electron chi connectivity index (χ2n) is 3.55. The lowest BCUT2D eigenvalue weighted by Gasteiger charge is -2.26. The number of nitrogens with zero attached hydrogens (tertiary/aromatic N) is 2. The zero-order valence-electron chi connectivity index (χ0n) is 8.52. The summed E-state index contributed by atoms with van der Waals surface area (Å²) in [5.41, 5.74) is 6.41. The van der Waals surface area contributed by atoms with Crippen LogP contribution >= 0.6 is 11.8 Å². The number of hydrogen-bond acceptors (Lipinski definition) is 5. The van der Waals surface area contributed by atoms with Gasteiger partial charge in [0.05, 0.1) is 0 Å². The molecule has 0 radical (unpaired) electrons. The molecule has 0 aliphatic carbocycles. The van der Waals surface area contributed by atoms with Crippen LogP contribution in [-0.2, 0) is 0 Å². The van der Waals surface area contributed by atoms with Crippen molar-refractivity contribution >= 4 is 18.0 Å². The van der Waals surface area contributed by atoms with Gasteiger partial charge >= 0.3 is 0 Å². The summed E-state index contributed by atoms with van der Waals surface area (Å²) in [6.45, 7) is 2.08. The van der Waals surface area contributed by atoms with E-state index in [2.05, 4.69) is 9.89 Å². The van der Waals surface area contributed by atoms with Crippen LogP contribution in [0.25, 0.3) is 0 Å². The van der Waals surface area contributed by atoms with E-state index < -0.39 is 0 Å². The Balaban J connectivity index is 2.09. The van der Waals surface area contributed by atoms with Gasteiger partial charge in [-0.15, -0.1) is 0 Å². The summed E-state index contributed by atoms with van der Waals surface area (Å²) in [5.74, 6) is 2.66. The van der Waals surface area contributed by atoms with Crippen LogP contribution in [0.3, 0.4) is 0 Å². The summed E-state index contributed by atoms with van der Waals surface area (Å²) in [6, 6.07) is 0. The number of thioether (sulfide) groups is 1. The smallest absolute Gasteiger partial charge is 0.165 e. The lowest BCUT2D eigenvalue weighted by molar-refractivity contribution is 0.388. The van der Waals surface area contributed by atoms with Crippen LogP contribution in [0, 0.1) is 0 Å². The van der Waals surface area contributed by atoms with E-state index in [0.29, 0.717) is 6.42 Å². The summed E-state index contributed by atoms with van der Waals surface area (Å²) in [5, 5.41) is 9.71. The molecule has 2 rings (SSSR count). The van der Waals surface area contributed by atoms with Gasteiger partial charge in [0.15, 0.2) is 11.6 Å². The van der Waals surface area contributed by atoms with Crippen molar-refractivity contribution in [1.29, 1.82) is 0 Å². The summed E-state index contributed by atoms with van der Waals surface area (Å²) in [7, 11) is 0. The summed E-state index contributed by atoms with van der Waals surface area (Å²) < 4.78 is 0. The number of nitrogens with two attached hydrogens (primary N) is 1. The average Bonchev–Trinajstić information content (AvgIpc) is 2.26. The molecule has 0 bridgehead atoms. The van der Waals surface area contributed by atoms with Crippen LogP contribution in [0.15, 0.2) is 28.3 Å². The predicted octanol–water partition coefficient (Wildman–Crippen LogP) is 1.08. The minimum Gasteiger partial charge on any atom is -0.504 e. The van der Waals surface area contributed by atoms with E-state index in [0.717, 1.165) is 30.2 Å². The van der Waals surface area contributed by atoms with Gasteiger partial charge in [-0.2, -0.15) is 11.8 Å². The van der Waals surface area contributed by atoms with Crippen LogP contribution in [0.4, 0.5) is 0 Å². The number of allylic oxidation sites excluding steroid dienone is 1. The lowest BCUT2D eigenvalue weighted by Crippen LogP contribution is -2.28. The number of aliphatic imine (C=N–C) groups is 1. The van der Waals surface area contributed by atoms with Crippen molar-refractivity contribution in [3.63, 3.8) is 0 Å². The largest absolute Gasteiger partial charge is 0.504 e. The predicted molar refractivity (Wildman–Crippen MR) is 63.9 cm³/mol. The molecule has 2 aliphatic rings. The second kappa shape index (κ2) is 4.61. The highest BCUT2D eigenvalue weighted by molar-refractivity contribution is 7.99. The Bertz CT molecular complexity index is 330. The second-order valence-corrected chi connectivity index (χ2v) is 4.78. The molecule has 0 spiro atoms. The molecule has 0 aromatic heterocycles. The normalized spacial score (nSPS) is 25.1. The minimum absolute atomic E-state index is 0.135. The Morgan fingerprint density at radius 1 is 1.47 bits per heavy atom. The molecule has 2 heterocycles. The van der Waals surface area contributed by atoms with Gasteiger partial charge in [-0.25, -0.2) is 4.99 Å². The first-order valence-corrected chi connectivity index (χ1v) is 6.17. The molecule has 15 heavy (non-hydrogen) atoms. The molecule has 3 N–H and O–H groups in total. The average molecular weight is 225 g/mol. The molecule has 1 saturated heterocycles. The van der Waals surface area contributed by atoms with Gasteiger partial charge in [-0.3, -0.25) is 0 Å². The van der Waals surface area contributed by atoms with Crippen LogP contribution in [-0.4, -0.2) is 40.8 Å². The van der Waals surface area contributed by atoms with E-state index in [4.69, 9.17) is 5.73 Å². The maximum Gasteiger partial charge on any atom is 0.165 e. The maximum atomic E-state index is 9.71. The Morgan fingerprint density at radius 2 is 2.20 bits per heavy atom. The summed E-state index contributed by atoms with van der Waals surface area (Å²) in [4.78, 5) is 6.10. The molecule has 0 aromatic rings. The highest BCUT2D eigenvalue weighted by Gasteiger charge is 2.14. The third-order valence-corrected chi connectivity index (χ3v) is 3.41. The highest BCUT2D eigenvalue weighted by Crippen LogP contribution is 2.19. The van der Waals surface area contributed by atoms with Gasteiger partial charge in [-0.1, -0.05) is 0 Å². The molecule has 0 atom stereocenters. The standard InChI is InChI=1S/C10H15N3OS/c11-10-9(14)8(1-2-12-10)7-13-3-5-15-6-4-13/h2,7,14H,1,3-6,11H2. The minimum atomic E-state index is 0.135. The van der Waals surface area contributed by atoms with Crippen molar-refractivity contribution in [2.75, 3.05) is 24.6 Å². The Labute approximate surface area is 93.5 Å². The molecule has 0 amide bonds. The molecule has 4 nitrogen and oxygen atoms in total. The highest BCUT2D eigenvalue weighted by atomic mass is 32.2. The molecule has 2 aliphatic heterocycles. The molecular formula is C10H15N3OS. The number of aliphatic hydroxyl groups excluding tert-OH is 1. The van der Waals surface area contributed by atoms with Gasteiger partial charge in [0.25, 0.3) is 0 Å². The Morgan fingerprint density at radius 3 is 2.93 bits per heavy atom. The first kappa shape index (κ1) is 10.4. The zero-order chi connectivity index (χ0) is 10.7. The summed E-state index contributed by atoms with van der Waals surface area (Å²) in [6.07, 6.45) is 4.41. The van der Waals surface area contributed by atoms with Crippen molar-refractivity contribution in [1.82, 2.24) is 4.90 Å². The first-order valence-electron chi connectivity index (χ1n) is 5.01. The third-order valence-electron chi connectivity index (χ3n) is 2.47. The first-order chi connectivity index (χ1) is 7.27. The summed E-state index contributed by atoms with van der Waals surface area (Å²) >= 11 is 1.97. The van der Waals surface area contributed by atoms with Crippen LogP contribution < -0.4 is 5.73 Å². The van der Waals surface area contributed by atoms with Crippen LogP contribution in [0.5, 0.6) is 0 Å². The molecule has 0 saturated carbocycles. The topological polar surface area (TPSA) is 61.9 Å². The molecule has 82 valence electrons. The fraction of sp³-hybridized carbons (Fsp3) is 0.500. The quantitative estimate of drug-likeness (QED) is 0.701. The van der Waals surface area contributed by atoms with Crippen LogP contribution in [0.1, 0.15) is 6.42 Å². The number of rotatable bonds is 1. The van der Waals surface area contributed by atoms with Crippen molar-refractivity contribution in [3.05, 3.63) is 23.4 Å². The van der Waals surface area contributed by atoms with Gasteiger partial charge < -0.3 is 15.7 Å². The van der Waals surface area contributed by atoms with Gasteiger partial charge in [0.1, 0.15) is 0 Å². The Hall–Kier alpha value is -1.10. The SMILES string of the molecule is NC1=C(O)C(=CN2CCSCC2)CC=N1. The maximum absolute atomic E-state index is 9.71. The van der Waals surface area contributed by atoms with E-state index in [1.165, 1.54) is 0 Å². The van der Waals surface area contributed by atoms with E-state index in [-0.39, 0.29) is 11.6 Å². The monoisotopic (exact) mass is 225 g/mol.